The van der Waals surface area contributed by atoms with Crippen molar-refractivity contribution in [2.75, 3.05) is 19.6 Å². The summed E-state index contributed by atoms with van der Waals surface area (Å²) in [7, 11) is 0. The fourth-order valence-corrected chi connectivity index (χ4v) is 6.19. The van der Waals surface area contributed by atoms with Gasteiger partial charge in [0.15, 0.2) is 0 Å². The van der Waals surface area contributed by atoms with Gasteiger partial charge in [0.05, 0.1) is 23.9 Å². The lowest BCUT2D eigenvalue weighted by Crippen LogP contribution is -2.52. The number of fused-ring (bicyclic) bond motifs is 1. The van der Waals surface area contributed by atoms with E-state index in [1.165, 1.54) is 5.56 Å². The summed E-state index contributed by atoms with van der Waals surface area (Å²) in [4.78, 5) is 46.8. The molecule has 0 aliphatic carbocycles. The van der Waals surface area contributed by atoms with E-state index >= 15 is 0 Å². The number of amides is 4. The Labute approximate surface area is 239 Å². The van der Waals surface area contributed by atoms with Gasteiger partial charge >= 0.3 is 6.03 Å². The molecule has 0 saturated carbocycles. The van der Waals surface area contributed by atoms with E-state index in [4.69, 9.17) is 11.6 Å². The van der Waals surface area contributed by atoms with E-state index < -0.39 is 12.1 Å². The Bertz CT molecular complexity index is 1490. The Morgan fingerprint density at radius 2 is 1.65 bits per heavy atom. The molecule has 3 aromatic rings. The monoisotopic (exact) mass is 554 g/mol. The molecular formula is C32H31ClN4O3. The van der Waals surface area contributed by atoms with Crippen LogP contribution in [0.15, 0.2) is 90.1 Å². The second-order valence-electron chi connectivity index (χ2n) is 10.5. The maximum Gasteiger partial charge on any atom is 0.322 e. The minimum absolute atomic E-state index is 0.0723. The van der Waals surface area contributed by atoms with Gasteiger partial charge in [-0.3, -0.25) is 14.5 Å². The van der Waals surface area contributed by atoms with Crippen molar-refractivity contribution in [3.05, 3.63) is 117 Å². The highest BCUT2D eigenvalue weighted by atomic mass is 35.5. The molecular weight excluding hydrogens is 524 g/mol. The first-order valence-corrected chi connectivity index (χ1v) is 14.1. The van der Waals surface area contributed by atoms with Crippen molar-refractivity contribution in [1.82, 2.24) is 20.0 Å². The molecule has 6 rings (SSSR count). The van der Waals surface area contributed by atoms with E-state index in [9.17, 15) is 14.4 Å². The van der Waals surface area contributed by atoms with Crippen LogP contribution >= 0.6 is 11.6 Å². The van der Waals surface area contributed by atoms with Gasteiger partial charge in [0, 0.05) is 31.1 Å². The summed E-state index contributed by atoms with van der Waals surface area (Å²) in [5.74, 6) is -0.294. The first-order chi connectivity index (χ1) is 19.4. The highest BCUT2D eigenvalue weighted by molar-refractivity contribution is 6.30. The van der Waals surface area contributed by atoms with Crippen molar-refractivity contribution in [3.8, 4) is 0 Å². The van der Waals surface area contributed by atoms with Crippen molar-refractivity contribution in [2.45, 2.75) is 38.4 Å². The minimum atomic E-state index is -0.703. The van der Waals surface area contributed by atoms with Crippen LogP contribution in [0.5, 0.6) is 0 Å². The molecule has 4 amide bonds. The van der Waals surface area contributed by atoms with Crippen LogP contribution in [0.25, 0.3) is 0 Å². The van der Waals surface area contributed by atoms with Gasteiger partial charge in [0.1, 0.15) is 6.04 Å². The Balaban J connectivity index is 1.36. The van der Waals surface area contributed by atoms with Gasteiger partial charge < -0.3 is 15.1 Å². The third-order valence-corrected chi connectivity index (χ3v) is 8.40. The van der Waals surface area contributed by atoms with E-state index in [-0.39, 0.29) is 24.4 Å². The number of carbonyl (C=O) groups is 3. The molecule has 0 spiro atoms. The van der Waals surface area contributed by atoms with Crippen LogP contribution in [0.4, 0.5) is 4.79 Å². The van der Waals surface area contributed by atoms with Crippen LogP contribution in [0.1, 0.15) is 35.2 Å². The molecule has 0 fully saturated rings. The van der Waals surface area contributed by atoms with Crippen LogP contribution in [0, 0.1) is 0 Å². The van der Waals surface area contributed by atoms with Crippen LogP contribution < -0.4 is 5.32 Å². The summed E-state index contributed by atoms with van der Waals surface area (Å²) < 4.78 is 0. The second kappa shape index (κ2) is 10.8. The number of benzene rings is 3. The van der Waals surface area contributed by atoms with Crippen molar-refractivity contribution in [2.24, 2.45) is 0 Å². The predicted molar refractivity (Wildman–Crippen MR) is 153 cm³/mol. The number of urea groups is 1. The van der Waals surface area contributed by atoms with E-state index in [1.54, 1.807) is 21.9 Å². The lowest BCUT2D eigenvalue weighted by Gasteiger charge is -2.35. The third kappa shape index (κ3) is 4.75. The predicted octanol–water partition coefficient (Wildman–Crippen LogP) is 4.72. The summed E-state index contributed by atoms with van der Waals surface area (Å²) >= 11 is 6.12. The largest absolute Gasteiger partial charge is 0.336 e. The van der Waals surface area contributed by atoms with Gasteiger partial charge in [0.2, 0.25) is 5.91 Å². The van der Waals surface area contributed by atoms with Gasteiger partial charge in [-0.05, 0) is 47.7 Å². The molecule has 3 aromatic carbocycles. The van der Waals surface area contributed by atoms with E-state index in [0.29, 0.717) is 42.3 Å². The SMILES string of the molecule is CCN1C(=O)N[C@@H](c2ccc(Cl)cc2)C2=C1CN([C@@H](Cc1ccccc1)C(=O)N1CCc3ccccc3C1)C2=O. The lowest BCUT2D eigenvalue weighted by atomic mass is 9.95. The van der Waals surface area contributed by atoms with E-state index in [0.717, 1.165) is 23.1 Å². The first-order valence-electron chi connectivity index (χ1n) is 13.7. The zero-order chi connectivity index (χ0) is 27.8. The van der Waals surface area contributed by atoms with Crippen molar-refractivity contribution in [1.29, 1.82) is 0 Å². The smallest absolute Gasteiger partial charge is 0.322 e. The van der Waals surface area contributed by atoms with Crippen molar-refractivity contribution < 1.29 is 14.4 Å². The molecule has 7 nitrogen and oxygen atoms in total. The summed E-state index contributed by atoms with van der Waals surface area (Å²) in [5.41, 5.74) is 5.32. The number of likely N-dealkylation sites (N-methyl/N-ethyl adjacent to an activating group) is 1. The summed E-state index contributed by atoms with van der Waals surface area (Å²) in [6, 6.07) is 23.6. The Morgan fingerprint density at radius 3 is 2.38 bits per heavy atom. The van der Waals surface area contributed by atoms with Crippen LogP contribution in [0.2, 0.25) is 5.02 Å². The standard InChI is InChI=1S/C32H31ClN4O3/c1-2-36-27-20-37(31(39)28(27)29(34-32(36)40)23-12-14-25(33)15-13-23)26(18-21-8-4-3-5-9-21)30(38)35-17-16-22-10-6-7-11-24(22)19-35/h3-15,26,29H,2,16-20H2,1H3,(H,34,40)/t26-,29-/m0/s1. The Hall–Kier alpha value is -4.10. The number of nitrogens with zero attached hydrogens (tertiary/aromatic N) is 3. The average molecular weight is 555 g/mol. The second-order valence-corrected chi connectivity index (χ2v) is 10.9. The van der Waals surface area contributed by atoms with E-state index in [2.05, 4.69) is 17.4 Å². The number of rotatable bonds is 6. The van der Waals surface area contributed by atoms with Crippen LogP contribution in [0.3, 0.4) is 0 Å². The van der Waals surface area contributed by atoms with Gasteiger partial charge in [-0.25, -0.2) is 4.79 Å². The van der Waals surface area contributed by atoms with Gasteiger partial charge in [-0.1, -0.05) is 78.3 Å². The van der Waals surface area contributed by atoms with Crippen LogP contribution in [-0.2, 0) is 29.0 Å². The lowest BCUT2D eigenvalue weighted by molar-refractivity contribution is -0.143. The van der Waals surface area contributed by atoms with Crippen LogP contribution in [-0.4, -0.2) is 58.2 Å². The fourth-order valence-electron chi connectivity index (χ4n) is 6.07. The summed E-state index contributed by atoms with van der Waals surface area (Å²) in [6.45, 7) is 3.62. The molecule has 0 bridgehead atoms. The molecule has 2 atom stereocenters. The number of carbonyl (C=O) groups excluding carboxylic acids is 3. The molecule has 0 unspecified atom stereocenters. The fraction of sp³-hybridized carbons (Fsp3) is 0.281. The quantitative estimate of drug-likeness (QED) is 0.479. The molecule has 1 N–H and O–H groups in total. The molecule has 204 valence electrons. The molecule has 3 aliphatic heterocycles. The molecule has 0 radical (unpaired) electrons. The van der Waals surface area contributed by atoms with Gasteiger partial charge in [0.25, 0.3) is 5.91 Å². The zero-order valence-electron chi connectivity index (χ0n) is 22.3. The van der Waals surface area contributed by atoms with Gasteiger partial charge in [-0.15, -0.1) is 0 Å². The molecule has 3 aliphatic rings. The molecule has 40 heavy (non-hydrogen) atoms. The topological polar surface area (TPSA) is 73.0 Å². The minimum Gasteiger partial charge on any atom is -0.336 e. The molecule has 0 saturated heterocycles. The van der Waals surface area contributed by atoms with E-state index in [1.807, 2.05) is 66.4 Å². The zero-order valence-corrected chi connectivity index (χ0v) is 23.1. The molecule has 8 heteroatoms. The summed E-state index contributed by atoms with van der Waals surface area (Å²) in [6.07, 6.45) is 1.17. The van der Waals surface area contributed by atoms with Gasteiger partial charge in [-0.2, -0.15) is 0 Å². The number of halogens is 1. The summed E-state index contributed by atoms with van der Waals surface area (Å²) in [5, 5.41) is 3.59. The highest BCUT2D eigenvalue weighted by Gasteiger charge is 2.47. The maximum absolute atomic E-state index is 14.3. The Morgan fingerprint density at radius 1 is 0.950 bits per heavy atom. The maximum atomic E-state index is 14.3. The highest BCUT2D eigenvalue weighted by Crippen LogP contribution is 2.38. The van der Waals surface area contributed by atoms with Crippen molar-refractivity contribution >= 4 is 29.4 Å². The number of nitrogens with one attached hydrogen (secondary N) is 1. The Kier molecular flexibility index (Phi) is 7.07. The average Bonchev–Trinajstić information content (AvgIpc) is 3.32. The normalized spacial score (nSPS) is 19.4. The molecule has 3 heterocycles. The number of hydrogen-bond donors (Lipinski definition) is 1. The van der Waals surface area contributed by atoms with Crippen molar-refractivity contribution in [3.63, 3.8) is 0 Å². The number of hydrogen-bond acceptors (Lipinski definition) is 3. The third-order valence-electron chi connectivity index (χ3n) is 8.14. The molecule has 0 aromatic heterocycles. The first kappa shape index (κ1) is 26.1.